The van der Waals surface area contributed by atoms with Crippen LogP contribution in [0.25, 0.3) is 33.2 Å². The van der Waals surface area contributed by atoms with Crippen molar-refractivity contribution in [2.24, 2.45) is 5.92 Å². The maximum absolute atomic E-state index is 13.7. The van der Waals surface area contributed by atoms with E-state index in [4.69, 9.17) is 21.4 Å². The van der Waals surface area contributed by atoms with Crippen LogP contribution < -0.4 is 5.32 Å². The highest BCUT2D eigenvalue weighted by atomic mass is 32.1. The van der Waals surface area contributed by atoms with Gasteiger partial charge in [-0.25, -0.2) is 13.6 Å². The van der Waals surface area contributed by atoms with Gasteiger partial charge >= 0.3 is 6.09 Å². The number of thiocarbonyl (C=S) groups is 1. The molecule has 0 saturated heterocycles. The Hall–Kier alpha value is -3.65. The Morgan fingerprint density at radius 2 is 1.77 bits per heavy atom. The first-order chi connectivity index (χ1) is 20.5. The molecule has 5 rings (SSSR count). The van der Waals surface area contributed by atoms with Crippen LogP contribution in [0.2, 0.25) is 0 Å². The molecule has 2 aromatic heterocycles. The van der Waals surface area contributed by atoms with Crippen molar-refractivity contribution in [1.29, 1.82) is 0 Å². The van der Waals surface area contributed by atoms with Gasteiger partial charge in [-0.2, -0.15) is 0 Å². The van der Waals surface area contributed by atoms with Crippen molar-refractivity contribution in [2.45, 2.75) is 83.8 Å². The van der Waals surface area contributed by atoms with E-state index in [-0.39, 0.29) is 19.4 Å². The van der Waals surface area contributed by atoms with Gasteiger partial charge in [-0.15, -0.1) is 0 Å². The summed E-state index contributed by atoms with van der Waals surface area (Å²) in [6.45, 7) is 5.66. The van der Waals surface area contributed by atoms with Crippen LogP contribution in [0.5, 0.6) is 0 Å². The molecule has 1 unspecified atom stereocenters. The first-order valence-corrected chi connectivity index (χ1v) is 15.3. The van der Waals surface area contributed by atoms with Gasteiger partial charge in [0.05, 0.1) is 6.54 Å². The van der Waals surface area contributed by atoms with Crippen LogP contribution in [0.1, 0.15) is 77.0 Å². The Kier molecular flexibility index (Phi) is 9.25. The van der Waals surface area contributed by atoms with Gasteiger partial charge in [0.15, 0.2) is 0 Å². The van der Waals surface area contributed by atoms with E-state index in [2.05, 4.69) is 34.6 Å². The number of carbonyl (C=O) groups is 1. The molecule has 1 saturated carbocycles. The molecule has 0 spiro atoms. The summed E-state index contributed by atoms with van der Waals surface area (Å²) in [6.07, 6.45) is 6.59. The van der Waals surface area contributed by atoms with Gasteiger partial charge in [-0.05, 0) is 105 Å². The second-order valence-corrected chi connectivity index (χ2v) is 12.9. The summed E-state index contributed by atoms with van der Waals surface area (Å²) < 4.78 is 39.1. The highest BCUT2D eigenvalue weighted by Gasteiger charge is 2.32. The molecule has 1 aliphatic rings. The maximum Gasteiger partial charge on any atom is 0.408 e. The van der Waals surface area contributed by atoms with E-state index in [1.165, 1.54) is 0 Å². The Balaban J connectivity index is 1.33. The summed E-state index contributed by atoms with van der Waals surface area (Å²) in [7, 11) is 0. The highest BCUT2D eigenvalue weighted by molar-refractivity contribution is 7.80. The van der Waals surface area contributed by atoms with Crippen LogP contribution in [0, 0.1) is 5.92 Å². The number of fused-ring (bicyclic) bond motifs is 1. The summed E-state index contributed by atoms with van der Waals surface area (Å²) in [5.41, 5.74) is 5.07. The molecule has 43 heavy (non-hydrogen) atoms. The molecule has 0 radical (unpaired) electrons. The number of halogens is 2. The lowest BCUT2D eigenvalue weighted by Crippen LogP contribution is -2.32. The van der Waals surface area contributed by atoms with E-state index >= 15 is 0 Å². The third-order valence-corrected chi connectivity index (χ3v) is 8.30. The SMILES string of the molecule is CC(C)(C)OC(=O)NCc1cc2cc(-c3ccc(C(=S)CCC4CCCC(F)(F)CC4)cc3)cc(-c3ccncc3)c2o1. The number of alkyl carbamates (subject to hydrolysis) is 1. The van der Waals surface area contributed by atoms with Crippen LogP contribution in [0.15, 0.2) is 71.4 Å². The molecule has 2 heterocycles. The number of nitrogens with one attached hydrogen (secondary N) is 1. The number of carbonyl (C=O) groups excluding carboxylic acids is 1. The smallest absolute Gasteiger partial charge is 0.408 e. The van der Waals surface area contributed by atoms with Crippen molar-refractivity contribution in [3.8, 4) is 22.3 Å². The number of pyridine rings is 1. The van der Waals surface area contributed by atoms with Gasteiger partial charge in [0.2, 0.25) is 5.92 Å². The van der Waals surface area contributed by atoms with Crippen LogP contribution in [-0.2, 0) is 11.3 Å². The molecule has 8 heteroatoms. The average molecular weight is 605 g/mol. The van der Waals surface area contributed by atoms with Gasteiger partial charge in [-0.1, -0.05) is 42.9 Å². The van der Waals surface area contributed by atoms with Crippen molar-refractivity contribution < 1.29 is 22.7 Å². The molecular weight excluding hydrogens is 566 g/mol. The van der Waals surface area contributed by atoms with Crippen LogP contribution in [0.3, 0.4) is 0 Å². The predicted octanol–water partition coefficient (Wildman–Crippen LogP) is 9.90. The standard InChI is InChI=1S/C35H38F2N2O3S/c1-34(2,3)42-33(40)39-22-29-20-28-19-27(21-30(32(28)41-29)25-13-17-38-18-14-25)24-7-9-26(10-8-24)31(43)11-6-23-5-4-15-35(36,37)16-12-23/h7-10,13-14,17-21,23H,4-6,11-12,15-16,22H2,1-3H3,(H,39,40). The minimum absolute atomic E-state index is 0.00712. The number of benzene rings is 2. The van der Waals surface area contributed by atoms with Crippen LogP contribution in [0.4, 0.5) is 13.6 Å². The normalized spacial score (nSPS) is 16.9. The summed E-state index contributed by atoms with van der Waals surface area (Å²) >= 11 is 5.75. The molecule has 0 aliphatic heterocycles. The van der Waals surface area contributed by atoms with Crippen molar-refractivity contribution in [3.63, 3.8) is 0 Å². The minimum atomic E-state index is -2.51. The lowest BCUT2D eigenvalue weighted by molar-refractivity contribution is -0.0148. The van der Waals surface area contributed by atoms with Crippen molar-refractivity contribution in [3.05, 3.63) is 78.3 Å². The number of ether oxygens (including phenoxy) is 1. The van der Waals surface area contributed by atoms with E-state index in [1.807, 2.05) is 51.1 Å². The maximum atomic E-state index is 13.7. The third-order valence-electron chi connectivity index (χ3n) is 7.86. The second-order valence-electron chi connectivity index (χ2n) is 12.4. The van der Waals surface area contributed by atoms with Gasteiger partial charge in [-0.3, -0.25) is 4.98 Å². The molecular formula is C35H38F2N2O3S. The summed E-state index contributed by atoms with van der Waals surface area (Å²) in [5.74, 6) is -1.59. The molecule has 4 aromatic rings. The molecule has 1 fully saturated rings. The zero-order valence-electron chi connectivity index (χ0n) is 24.9. The largest absolute Gasteiger partial charge is 0.459 e. The third kappa shape index (κ3) is 8.25. The molecule has 0 bridgehead atoms. The Bertz CT molecular complexity index is 1580. The molecule has 1 N–H and O–H groups in total. The fraction of sp³-hybridized carbons (Fsp3) is 0.400. The average Bonchev–Trinajstić information content (AvgIpc) is 3.30. The van der Waals surface area contributed by atoms with Gasteiger partial charge in [0.1, 0.15) is 16.9 Å². The summed E-state index contributed by atoms with van der Waals surface area (Å²) in [6, 6.07) is 18.2. The van der Waals surface area contributed by atoms with E-state index in [0.717, 1.165) is 62.9 Å². The lowest BCUT2D eigenvalue weighted by Gasteiger charge is -2.19. The number of hydrogen-bond acceptors (Lipinski definition) is 5. The van der Waals surface area contributed by atoms with E-state index in [9.17, 15) is 13.6 Å². The quantitative estimate of drug-likeness (QED) is 0.123. The van der Waals surface area contributed by atoms with Crippen LogP contribution >= 0.6 is 12.2 Å². The summed E-state index contributed by atoms with van der Waals surface area (Å²) in [5, 5.41) is 3.68. The zero-order chi connectivity index (χ0) is 30.6. The Morgan fingerprint density at radius 3 is 2.49 bits per heavy atom. The van der Waals surface area contributed by atoms with Gasteiger partial charge < -0.3 is 14.5 Å². The van der Waals surface area contributed by atoms with Crippen LogP contribution in [-0.4, -0.2) is 27.5 Å². The molecule has 1 atom stereocenters. The van der Waals surface area contributed by atoms with Gasteiger partial charge in [0, 0.05) is 41.0 Å². The fourth-order valence-electron chi connectivity index (χ4n) is 5.63. The van der Waals surface area contributed by atoms with Crippen molar-refractivity contribution >= 4 is 34.1 Å². The number of furan rings is 1. The van der Waals surface area contributed by atoms with Gasteiger partial charge in [0.25, 0.3) is 0 Å². The molecule has 226 valence electrons. The Morgan fingerprint density at radius 1 is 1.02 bits per heavy atom. The minimum Gasteiger partial charge on any atom is -0.459 e. The van der Waals surface area contributed by atoms with Crippen molar-refractivity contribution in [1.82, 2.24) is 10.3 Å². The van der Waals surface area contributed by atoms with E-state index in [0.29, 0.717) is 24.5 Å². The molecule has 1 aliphatic carbocycles. The number of alkyl halides is 2. The fourth-order valence-corrected chi connectivity index (χ4v) is 5.88. The number of aromatic nitrogens is 1. The number of nitrogens with zero attached hydrogens (tertiary/aromatic N) is 1. The first kappa shape index (κ1) is 30.8. The highest BCUT2D eigenvalue weighted by Crippen LogP contribution is 2.37. The molecule has 1 amide bonds. The topological polar surface area (TPSA) is 64.4 Å². The Labute approximate surface area is 257 Å². The number of rotatable bonds is 8. The first-order valence-electron chi connectivity index (χ1n) is 14.9. The number of amides is 1. The molecule has 2 aromatic carbocycles. The predicted molar refractivity (Wildman–Crippen MR) is 170 cm³/mol. The van der Waals surface area contributed by atoms with E-state index in [1.54, 1.807) is 12.4 Å². The molecule has 5 nitrogen and oxygen atoms in total. The lowest BCUT2D eigenvalue weighted by atomic mass is 9.92. The summed E-state index contributed by atoms with van der Waals surface area (Å²) in [4.78, 5) is 17.2. The number of hydrogen-bond donors (Lipinski definition) is 1. The van der Waals surface area contributed by atoms with E-state index < -0.39 is 17.6 Å². The van der Waals surface area contributed by atoms with Crippen molar-refractivity contribution in [2.75, 3.05) is 0 Å². The second kappa shape index (κ2) is 12.9. The zero-order valence-corrected chi connectivity index (χ0v) is 25.7. The monoisotopic (exact) mass is 604 g/mol.